The van der Waals surface area contributed by atoms with E-state index < -0.39 is 0 Å². The van der Waals surface area contributed by atoms with Gasteiger partial charge in [0.25, 0.3) is 0 Å². The maximum atomic E-state index is 9.53. The van der Waals surface area contributed by atoms with Gasteiger partial charge in [0.1, 0.15) is 23.3 Å². The number of anilines is 3. The van der Waals surface area contributed by atoms with Crippen LogP contribution in [0.4, 0.5) is 17.6 Å². The van der Waals surface area contributed by atoms with Crippen molar-refractivity contribution in [3.63, 3.8) is 0 Å². The number of nitrogens with one attached hydrogen (secondary N) is 1. The smallest absolute Gasteiger partial charge is 0.222 e. The van der Waals surface area contributed by atoms with E-state index in [0.717, 1.165) is 27.9 Å². The van der Waals surface area contributed by atoms with Crippen molar-refractivity contribution < 1.29 is 0 Å². The topological polar surface area (TPSA) is 144 Å². The Morgan fingerprint density at radius 3 is 2.70 bits per heavy atom. The minimum absolute atomic E-state index is 0.106. The summed E-state index contributed by atoms with van der Waals surface area (Å²) >= 11 is 0. The van der Waals surface area contributed by atoms with E-state index in [1.165, 1.54) is 0 Å². The standard InChI is InChI=1S/C21H21N9/c1-11-15(10-22)20(29-21(24)27-11)26-12(2)19-14(13-4-6-25-18(23)8-13)9-17-16(28-19)5-7-30(17)3/h4-9,12H,1-3H3,(H2,23,25)(H3,24,26,27,29)/t12-/m0/s1. The third kappa shape index (κ3) is 3.35. The average molecular weight is 399 g/mol. The quantitative estimate of drug-likeness (QED) is 0.475. The molecule has 0 saturated heterocycles. The van der Waals surface area contributed by atoms with E-state index in [0.29, 0.717) is 22.9 Å². The van der Waals surface area contributed by atoms with Gasteiger partial charge in [-0.15, -0.1) is 0 Å². The minimum Gasteiger partial charge on any atom is -0.384 e. The lowest BCUT2D eigenvalue weighted by Gasteiger charge is -2.19. The first-order valence-corrected chi connectivity index (χ1v) is 9.36. The number of rotatable bonds is 4. The monoisotopic (exact) mass is 399 g/mol. The maximum absolute atomic E-state index is 9.53. The van der Waals surface area contributed by atoms with Gasteiger partial charge in [-0.05, 0) is 43.7 Å². The van der Waals surface area contributed by atoms with Crippen molar-refractivity contribution in [2.24, 2.45) is 7.05 Å². The second-order valence-corrected chi connectivity index (χ2v) is 7.09. The Morgan fingerprint density at radius 2 is 1.97 bits per heavy atom. The summed E-state index contributed by atoms with van der Waals surface area (Å²) in [6, 6.07) is 9.62. The van der Waals surface area contributed by atoms with Crippen molar-refractivity contribution >= 4 is 28.6 Å². The van der Waals surface area contributed by atoms with Crippen LogP contribution in [0.15, 0.2) is 36.7 Å². The van der Waals surface area contributed by atoms with Crippen molar-refractivity contribution in [2.45, 2.75) is 19.9 Å². The molecule has 0 aliphatic carbocycles. The molecule has 5 N–H and O–H groups in total. The zero-order valence-corrected chi connectivity index (χ0v) is 16.9. The van der Waals surface area contributed by atoms with Gasteiger partial charge >= 0.3 is 0 Å². The Bertz CT molecular complexity index is 1300. The molecular weight excluding hydrogens is 378 g/mol. The van der Waals surface area contributed by atoms with Crippen LogP contribution in [-0.4, -0.2) is 24.5 Å². The highest BCUT2D eigenvalue weighted by Gasteiger charge is 2.20. The number of hydrogen-bond acceptors (Lipinski definition) is 8. The molecule has 0 aromatic carbocycles. The lowest BCUT2D eigenvalue weighted by molar-refractivity contribution is 0.837. The number of nitrogen functional groups attached to an aromatic ring is 2. The van der Waals surface area contributed by atoms with Crippen molar-refractivity contribution in [3.8, 4) is 17.2 Å². The number of nitrogens with zero attached hydrogens (tertiary/aromatic N) is 6. The van der Waals surface area contributed by atoms with Crippen LogP contribution >= 0.6 is 0 Å². The Kier molecular flexibility index (Phi) is 4.68. The molecule has 0 radical (unpaired) electrons. The van der Waals surface area contributed by atoms with Crippen molar-refractivity contribution in [1.82, 2.24) is 24.5 Å². The summed E-state index contributed by atoms with van der Waals surface area (Å²) in [6.45, 7) is 3.69. The van der Waals surface area contributed by atoms with Gasteiger partial charge < -0.3 is 21.4 Å². The lowest BCUT2D eigenvalue weighted by Crippen LogP contribution is -2.14. The van der Waals surface area contributed by atoms with Gasteiger partial charge in [0.2, 0.25) is 5.95 Å². The molecular formula is C21H21N9. The number of nitrogens with two attached hydrogens (primary N) is 2. The Hall–Kier alpha value is -4.19. The van der Waals surface area contributed by atoms with Gasteiger partial charge in [0.15, 0.2) is 0 Å². The minimum atomic E-state index is -0.278. The molecule has 0 amide bonds. The normalized spacial score (nSPS) is 11.9. The Labute approximate surface area is 173 Å². The highest BCUT2D eigenvalue weighted by molar-refractivity contribution is 5.84. The average Bonchev–Trinajstić information content (AvgIpc) is 3.07. The highest BCUT2D eigenvalue weighted by Crippen LogP contribution is 2.33. The van der Waals surface area contributed by atoms with E-state index >= 15 is 0 Å². The number of fused-ring (bicyclic) bond motifs is 1. The summed E-state index contributed by atoms with van der Waals surface area (Å²) in [5.41, 5.74) is 17.1. The van der Waals surface area contributed by atoms with Crippen LogP contribution in [0.1, 0.15) is 29.9 Å². The number of aryl methyl sites for hydroxylation is 2. The molecule has 0 spiro atoms. The largest absolute Gasteiger partial charge is 0.384 e. The fourth-order valence-corrected chi connectivity index (χ4v) is 3.48. The zero-order chi connectivity index (χ0) is 21.4. The van der Waals surface area contributed by atoms with E-state index in [4.69, 9.17) is 16.5 Å². The fourth-order valence-electron chi connectivity index (χ4n) is 3.48. The molecule has 0 saturated carbocycles. The molecule has 30 heavy (non-hydrogen) atoms. The Morgan fingerprint density at radius 1 is 1.17 bits per heavy atom. The fraction of sp³-hybridized carbons (Fsp3) is 0.190. The molecule has 0 unspecified atom stereocenters. The van der Waals surface area contributed by atoms with E-state index in [1.54, 1.807) is 13.1 Å². The maximum Gasteiger partial charge on any atom is 0.222 e. The van der Waals surface area contributed by atoms with Gasteiger partial charge in [-0.1, -0.05) is 0 Å². The molecule has 4 aromatic heterocycles. The van der Waals surface area contributed by atoms with Crippen molar-refractivity contribution in [1.29, 1.82) is 5.26 Å². The number of nitriles is 1. The second-order valence-electron chi connectivity index (χ2n) is 7.09. The molecule has 150 valence electrons. The van der Waals surface area contributed by atoms with Crippen LogP contribution in [0.3, 0.4) is 0 Å². The Balaban J connectivity index is 1.86. The molecule has 4 aromatic rings. The van der Waals surface area contributed by atoms with Crippen LogP contribution in [0.2, 0.25) is 0 Å². The number of pyridine rings is 2. The summed E-state index contributed by atoms with van der Waals surface area (Å²) in [6.07, 6.45) is 3.64. The van der Waals surface area contributed by atoms with E-state index in [2.05, 4.69) is 32.4 Å². The van der Waals surface area contributed by atoms with Gasteiger partial charge in [-0.3, -0.25) is 0 Å². The van der Waals surface area contributed by atoms with Crippen LogP contribution in [0.25, 0.3) is 22.2 Å². The summed E-state index contributed by atoms with van der Waals surface area (Å²) in [4.78, 5) is 17.3. The molecule has 9 heteroatoms. The zero-order valence-electron chi connectivity index (χ0n) is 16.9. The van der Waals surface area contributed by atoms with Gasteiger partial charge in [0, 0.05) is 25.0 Å². The summed E-state index contributed by atoms with van der Waals surface area (Å²) < 4.78 is 2.01. The van der Waals surface area contributed by atoms with Crippen molar-refractivity contribution in [3.05, 3.63) is 53.6 Å². The molecule has 4 heterocycles. The third-order valence-corrected chi connectivity index (χ3v) is 4.97. The predicted octanol–water partition coefficient (Wildman–Crippen LogP) is 2.94. The van der Waals surface area contributed by atoms with Crippen LogP contribution in [-0.2, 0) is 7.05 Å². The molecule has 0 bridgehead atoms. The first-order valence-electron chi connectivity index (χ1n) is 9.36. The molecule has 1 atom stereocenters. The molecule has 0 fully saturated rings. The predicted molar refractivity (Wildman–Crippen MR) is 116 cm³/mol. The van der Waals surface area contributed by atoms with Gasteiger partial charge in [-0.2, -0.15) is 10.2 Å². The van der Waals surface area contributed by atoms with Crippen LogP contribution < -0.4 is 16.8 Å². The van der Waals surface area contributed by atoms with E-state index in [1.807, 2.05) is 42.9 Å². The SMILES string of the molecule is Cc1nc(N)nc(N[C@@H](C)c2nc3ccn(C)c3cc2-c2ccnc(N)c2)c1C#N. The number of aromatic nitrogens is 5. The van der Waals surface area contributed by atoms with E-state index in [9.17, 15) is 5.26 Å². The molecule has 0 aliphatic heterocycles. The summed E-state index contributed by atoms with van der Waals surface area (Å²) in [7, 11) is 1.97. The molecule has 9 nitrogen and oxygen atoms in total. The van der Waals surface area contributed by atoms with Crippen LogP contribution in [0, 0.1) is 18.3 Å². The second kappa shape index (κ2) is 7.33. The van der Waals surface area contributed by atoms with Crippen molar-refractivity contribution in [2.75, 3.05) is 16.8 Å². The molecule has 4 rings (SSSR count). The van der Waals surface area contributed by atoms with Gasteiger partial charge in [-0.25, -0.2) is 15.0 Å². The third-order valence-electron chi connectivity index (χ3n) is 4.97. The van der Waals surface area contributed by atoms with E-state index in [-0.39, 0.29) is 12.0 Å². The highest BCUT2D eigenvalue weighted by atomic mass is 15.1. The van der Waals surface area contributed by atoms with Crippen LogP contribution in [0.5, 0.6) is 0 Å². The first-order chi connectivity index (χ1) is 14.4. The van der Waals surface area contributed by atoms with Gasteiger partial charge in [0.05, 0.1) is 28.5 Å². The summed E-state index contributed by atoms with van der Waals surface area (Å²) in [5.74, 6) is 0.914. The summed E-state index contributed by atoms with van der Waals surface area (Å²) in [5, 5.41) is 12.8. The lowest BCUT2D eigenvalue weighted by atomic mass is 10.00. The first kappa shape index (κ1) is 19.1. The number of hydrogen-bond donors (Lipinski definition) is 3. The molecule has 0 aliphatic rings.